The third-order valence-electron chi connectivity index (χ3n) is 2.78. The number of hydrogen-bond acceptors (Lipinski definition) is 6. The lowest BCUT2D eigenvalue weighted by molar-refractivity contribution is 0.470. The van der Waals surface area contributed by atoms with Crippen molar-refractivity contribution in [2.45, 2.75) is 24.3 Å². The number of thiazole rings is 1. The number of nitrogens with zero attached hydrogens (tertiary/aromatic N) is 2. The van der Waals surface area contributed by atoms with E-state index in [9.17, 15) is 8.42 Å². The second-order valence-corrected chi connectivity index (χ2v) is 7.48. The summed E-state index contributed by atoms with van der Waals surface area (Å²) in [6.45, 7) is 3.45. The van der Waals surface area contributed by atoms with Crippen molar-refractivity contribution in [3.05, 3.63) is 40.3 Å². The van der Waals surface area contributed by atoms with Crippen LogP contribution in [0.15, 0.2) is 34.7 Å². The minimum absolute atomic E-state index is 0.0384. The molecule has 0 aliphatic carbocycles. The Balaban J connectivity index is 2.38. The maximum absolute atomic E-state index is 12.5. The fraction of sp³-hybridized carbons (Fsp3) is 0.231. The molecular weight excluding hydrogens is 308 g/mol. The molecule has 2 rings (SSSR count). The van der Waals surface area contributed by atoms with Crippen LogP contribution < -0.4 is 10.5 Å². The lowest BCUT2D eigenvalue weighted by atomic mass is 10.1. The highest BCUT2D eigenvalue weighted by Gasteiger charge is 2.31. The number of nitrogens with one attached hydrogen (secondary N) is 1. The van der Waals surface area contributed by atoms with Crippen molar-refractivity contribution >= 4 is 27.0 Å². The van der Waals surface area contributed by atoms with Gasteiger partial charge < -0.3 is 5.73 Å². The van der Waals surface area contributed by atoms with Gasteiger partial charge in [0.2, 0.25) is 10.0 Å². The number of rotatable bonds is 4. The fourth-order valence-corrected chi connectivity index (χ4v) is 4.11. The smallest absolute Gasteiger partial charge is 0.243 e. The SMILES string of the molecule is CC(C)(NS(=O)(=O)c1ccc(C#N)cc1N)c1nccs1. The molecule has 21 heavy (non-hydrogen) atoms. The first-order valence-electron chi connectivity index (χ1n) is 6.00. The Morgan fingerprint density at radius 2 is 2.14 bits per heavy atom. The van der Waals surface area contributed by atoms with Crippen molar-refractivity contribution in [2.24, 2.45) is 0 Å². The number of nitriles is 1. The van der Waals surface area contributed by atoms with Gasteiger partial charge in [0, 0.05) is 11.6 Å². The summed E-state index contributed by atoms with van der Waals surface area (Å²) >= 11 is 1.36. The third-order valence-corrected chi connectivity index (χ3v) is 5.61. The van der Waals surface area contributed by atoms with E-state index in [1.807, 2.05) is 6.07 Å². The average molecular weight is 322 g/mol. The normalized spacial score (nSPS) is 12.0. The van der Waals surface area contributed by atoms with Crippen LogP contribution in [0.2, 0.25) is 0 Å². The van der Waals surface area contributed by atoms with Gasteiger partial charge in [-0.05, 0) is 32.0 Å². The lowest BCUT2D eigenvalue weighted by Gasteiger charge is -2.24. The molecule has 0 amide bonds. The van der Waals surface area contributed by atoms with Gasteiger partial charge in [-0.2, -0.15) is 9.98 Å². The standard InChI is InChI=1S/C13H14N4O2S2/c1-13(2,12-16-5-6-20-12)17-21(18,19)11-4-3-9(8-14)7-10(11)15/h3-7,17H,15H2,1-2H3. The van der Waals surface area contributed by atoms with Gasteiger partial charge in [0.15, 0.2) is 0 Å². The fourth-order valence-electron chi connectivity index (χ4n) is 1.83. The Morgan fingerprint density at radius 1 is 1.43 bits per heavy atom. The van der Waals surface area contributed by atoms with Crippen LogP contribution in [0.25, 0.3) is 0 Å². The van der Waals surface area contributed by atoms with Crippen molar-refractivity contribution in [2.75, 3.05) is 5.73 Å². The van der Waals surface area contributed by atoms with Crippen LogP contribution in [0, 0.1) is 11.3 Å². The molecule has 3 N–H and O–H groups in total. The molecule has 0 saturated heterocycles. The molecular formula is C13H14N4O2S2. The summed E-state index contributed by atoms with van der Waals surface area (Å²) in [5.41, 5.74) is 5.23. The number of aromatic nitrogens is 1. The van der Waals surface area contributed by atoms with Crippen LogP contribution in [0.5, 0.6) is 0 Å². The van der Waals surface area contributed by atoms with E-state index < -0.39 is 15.6 Å². The summed E-state index contributed by atoms with van der Waals surface area (Å²) in [5, 5.41) is 11.2. The third kappa shape index (κ3) is 3.21. The summed E-state index contributed by atoms with van der Waals surface area (Å²) in [5.74, 6) is 0. The van der Waals surface area contributed by atoms with Gasteiger partial charge in [-0.25, -0.2) is 13.4 Å². The van der Waals surface area contributed by atoms with E-state index in [1.165, 1.54) is 29.5 Å². The van der Waals surface area contributed by atoms with Crippen LogP contribution in [0.1, 0.15) is 24.4 Å². The molecule has 2 aromatic rings. The highest BCUT2D eigenvalue weighted by Crippen LogP contribution is 2.27. The van der Waals surface area contributed by atoms with Gasteiger partial charge in [0.05, 0.1) is 22.9 Å². The maximum Gasteiger partial charge on any atom is 0.243 e. The summed E-state index contributed by atoms with van der Waals surface area (Å²) in [6, 6.07) is 6.00. The maximum atomic E-state index is 12.5. The van der Waals surface area contributed by atoms with E-state index in [1.54, 1.807) is 25.4 Å². The topological polar surface area (TPSA) is 109 Å². The predicted octanol–water partition coefficient (Wildman–Crippen LogP) is 1.81. The molecule has 0 atom stereocenters. The first kappa shape index (κ1) is 15.4. The summed E-state index contributed by atoms with van der Waals surface area (Å²) in [4.78, 5) is 4.08. The first-order valence-corrected chi connectivity index (χ1v) is 8.36. The van der Waals surface area contributed by atoms with Crippen molar-refractivity contribution < 1.29 is 8.42 Å². The van der Waals surface area contributed by atoms with Crippen molar-refractivity contribution in [3.8, 4) is 6.07 Å². The van der Waals surface area contributed by atoms with Gasteiger partial charge in [0.1, 0.15) is 9.90 Å². The monoisotopic (exact) mass is 322 g/mol. The Morgan fingerprint density at radius 3 is 2.67 bits per heavy atom. The Labute approximate surface area is 127 Å². The zero-order chi connectivity index (χ0) is 15.7. The van der Waals surface area contributed by atoms with E-state index >= 15 is 0 Å². The van der Waals surface area contributed by atoms with Gasteiger partial charge in [-0.1, -0.05) is 0 Å². The van der Waals surface area contributed by atoms with Gasteiger partial charge in [-0.15, -0.1) is 11.3 Å². The molecule has 0 aliphatic heterocycles. The Kier molecular flexibility index (Phi) is 4.00. The molecule has 0 radical (unpaired) electrons. The van der Waals surface area contributed by atoms with Crippen molar-refractivity contribution in [1.29, 1.82) is 5.26 Å². The number of hydrogen-bond donors (Lipinski definition) is 2. The van der Waals surface area contributed by atoms with Crippen molar-refractivity contribution in [1.82, 2.24) is 9.71 Å². The second kappa shape index (κ2) is 5.44. The molecule has 0 unspecified atom stereocenters. The molecule has 1 aromatic heterocycles. The van der Waals surface area contributed by atoms with Crippen LogP contribution in [0.4, 0.5) is 5.69 Å². The molecule has 6 nitrogen and oxygen atoms in total. The molecule has 1 heterocycles. The minimum atomic E-state index is -3.82. The van der Waals surface area contributed by atoms with Gasteiger partial charge in [0.25, 0.3) is 0 Å². The van der Waals surface area contributed by atoms with E-state index in [0.717, 1.165) is 0 Å². The molecule has 8 heteroatoms. The van der Waals surface area contributed by atoms with Gasteiger partial charge >= 0.3 is 0 Å². The molecule has 0 saturated carbocycles. The number of benzene rings is 1. The van der Waals surface area contributed by atoms with Crippen LogP contribution in [-0.2, 0) is 15.6 Å². The zero-order valence-corrected chi connectivity index (χ0v) is 13.1. The van der Waals surface area contributed by atoms with Gasteiger partial charge in [-0.3, -0.25) is 0 Å². The predicted molar refractivity (Wildman–Crippen MR) is 81.0 cm³/mol. The van der Waals surface area contributed by atoms with E-state index in [0.29, 0.717) is 10.6 Å². The summed E-state index contributed by atoms with van der Waals surface area (Å²) in [7, 11) is -3.82. The molecule has 0 spiro atoms. The molecule has 1 aromatic carbocycles. The summed E-state index contributed by atoms with van der Waals surface area (Å²) in [6.07, 6.45) is 1.62. The highest BCUT2D eigenvalue weighted by atomic mass is 32.2. The summed E-state index contributed by atoms with van der Waals surface area (Å²) < 4.78 is 27.5. The van der Waals surface area contributed by atoms with E-state index in [-0.39, 0.29) is 10.6 Å². The highest BCUT2D eigenvalue weighted by molar-refractivity contribution is 7.89. The molecule has 0 fully saturated rings. The Hall–Kier alpha value is -1.95. The van der Waals surface area contributed by atoms with E-state index in [2.05, 4.69) is 9.71 Å². The Bertz CT molecular complexity index is 790. The zero-order valence-electron chi connectivity index (χ0n) is 11.5. The van der Waals surface area contributed by atoms with Crippen LogP contribution in [-0.4, -0.2) is 13.4 Å². The molecule has 0 bridgehead atoms. The van der Waals surface area contributed by atoms with Crippen molar-refractivity contribution in [3.63, 3.8) is 0 Å². The second-order valence-electron chi connectivity index (χ2n) is 4.93. The number of anilines is 1. The molecule has 110 valence electrons. The van der Waals surface area contributed by atoms with Crippen LogP contribution >= 0.6 is 11.3 Å². The quantitative estimate of drug-likeness (QED) is 0.834. The van der Waals surface area contributed by atoms with Crippen LogP contribution in [0.3, 0.4) is 0 Å². The molecule has 0 aliphatic rings. The first-order chi connectivity index (χ1) is 9.76. The largest absolute Gasteiger partial charge is 0.398 e. The van der Waals surface area contributed by atoms with E-state index in [4.69, 9.17) is 11.0 Å². The number of nitrogens with two attached hydrogens (primary N) is 1. The average Bonchev–Trinajstić information content (AvgIpc) is 2.91. The lowest BCUT2D eigenvalue weighted by Crippen LogP contribution is -2.41. The number of nitrogen functional groups attached to an aromatic ring is 1. The number of sulfonamides is 1. The minimum Gasteiger partial charge on any atom is -0.398 e.